The summed E-state index contributed by atoms with van der Waals surface area (Å²) in [5, 5.41) is 9.45. The van der Waals surface area contributed by atoms with E-state index in [2.05, 4.69) is 13.8 Å². The maximum absolute atomic E-state index is 9.45. The van der Waals surface area contributed by atoms with Crippen LogP contribution in [-0.4, -0.2) is 51.2 Å². The summed E-state index contributed by atoms with van der Waals surface area (Å²) in [6.45, 7) is 6.58. The lowest BCUT2D eigenvalue weighted by atomic mass is 9.81. The molecule has 23 heavy (non-hydrogen) atoms. The number of hydrogen-bond acceptors (Lipinski definition) is 5. The van der Waals surface area contributed by atoms with Crippen molar-refractivity contribution >= 4 is 0 Å². The van der Waals surface area contributed by atoms with Crippen LogP contribution in [0, 0.1) is 23.7 Å². The molecule has 1 aliphatic carbocycles. The van der Waals surface area contributed by atoms with Crippen molar-refractivity contribution in [2.75, 3.05) is 33.7 Å². The molecule has 0 amide bonds. The molecule has 0 aromatic rings. The molecule has 2 aliphatic rings. The highest BCUT2D eigenvalue weighted by Gasteiger charge is 2.44. The first-order valence-electron chi connectivity index (χ1n) is 9.12. The average molecular weight is 330 g/mol. The van der Waals surface area contributed by atoms with E-state index in [1.54, 1.807) is 7.11 Å². The summed E-state index contributed by atoms with van der Waals surface area (Å²) in [6, 6.07) is 0. The van der Waals surface area contributed by atoms with Gasteiger partial charge in [0.25, 0.3) is 0 Å². The van der Waals surface area contributed by atoms with Crippen molar-refractivity contribution in [2.24, 2.45) is 23.7 Å². The second-order valence-corrected chi connectivity index (χ2v) is 7.16. The molecule has 1 unspecified atom stereocenters. The summed E-state index contributed by atoms with van der Waals surface area (Å²) in [5.74, 6) is 1.88. The van der Waals surface area contributed by atoms with Crippen molar-refractivity contribution in [1.29, 1.82) is 0 Å². The molecule has 1 saturated carbocycles. The molecule has 5 heteroatoms. The van der Waals surface area contributed by atoms with Crippen LogP contribution in [0.3, 0.4) is 0 Å². The molecule has 0 aromatic carbocycles. The van der Waals surface area contributed by atoms with Gasteiger partial charge in [0.05, 0.1) is 12.7 Å². The maximum atomic E-state index is 9.45. The molecule has 0 radical (unpaired) electrons. The third kappa shape index (κ3) is 5.40. The Hall–Kier alpha value is -0.200. The smallest absolute Gasteiger partial charge is 0.157 e. The minimum Gasteiger partial charge on any atom is -0.396 e. The zero-order valence-corrected chi connectivity index (χ0v) is 14.9. The van der Waals surface area contributed by atoms with Gasteiger partial charge in [-0.25, -0.2) is 0 Å². The van der Waals surface area contributed by atoms with E-state index in [1.165, 1.54) is 6.42 Å². The first-order chi connectivity index (χ1) is 11.2. The van der Waals surface area contributed by atoms with Gasteiger partial charge in [0.2, 0.25) is 0 Å². The zero-order chi connectivity index (χ0) is 16.7. The second kappa shape index (κ2) is 9.94. The Morgan fingerprint density at radius 3 is 2.78 bits per heavy atom. The lowest BCUT2D eigenvalue weighted by Crippen LogP contribution is -2.30. The van der Waals surface area contributed by atoms with Crippen molar-refractivity contribution in [3.05, 3.63) is 0 Å². The summed E-state index contributed by atoms with van der Waals surface area (Å²) in [4.78, 5) is 0. The quantitative estimate of drug-likeness (QED) is 0.520. The summed E-state index contributed by atoms with van der Waals surface area (Å²) < 4.78 is 22.5. The Balaban J connectivity index is 1.91. The van der Waals surface area contributed by atoms with Gasteiger partial charge in [0, 0.05) is 20.3 Å². The normalized spacial score (nSPS) is 36.3. The van der Waals surface area contributed by atoms with Crippen LogP contribution in [0.15, 0.2) is 0 Å². The Labute approximate surface area is 140 Å². The molecular formula is C18H34O5. The van der Waals surface area contributed by atoms with E-state index in [-0.39, 0.29) is 19.0 Å². The van der Waals surface area contributed by atoms with Gasteiger partial charge in [-0.05, 0) is 55.8 Å². The van der Waals surface area contributed by atoms with E-state index in [0.29, 0.717) is 37.1 Å². The van der Waals surface area contributed by atoms with Crippen LogP contribution in [0.2, 0.25) is 0 Å². The van der Waals surface area contributed by atoms with Gasteiger partial charge in [0.15, 0.2) is 6.29 Å². The predicted molar refractivity (Wildman–Crippen MR) is 87.9 cm³/mol. The number of aliphatic hydroxyl groups is 1. The lowest BCUT2D eigenvalue weighted by molar-refractivity contribution is -0.194. The third-order valence-electron chi connectivity index (χ3n) is 5.56. The molecule has 2 rings (SSSR count). The fourth-order valence-electron chi connectivity index (χ4n) is 4.24. The fourth-order valence-corrected chi connectivity index (χ4v) is 4.24. The highest BCUT2D eigenvalue weighted by atomic mass is 16.7. The fraction of sp³-hybridized carbons (Fsp3) is 1.00. The number of methoxy groups -OCH3 is 1. The largest absolute Gasteiger partial charge is 0.396 e. The first kappa shape index (κ1) is 19.1. The number of hydrogen-bond donors (Lipinski definition) is 1. The van der Waals surface area contributed by atoms with Gasteiger partial charge in [-0.15, -0.1) is 0 Å². The molecule has 1 aliphatic heterocycles. The summed E-state index contributed by atoms with van der Waals surface area (Å²) in [5.41, 5.74) is 0. The van der Waals surface area contributed by atoms with E-state index < -0.39 is 0 Å². The van der Waals surface area contributed by atoms with Crippen LogP contribution >= 0.6 is 0 Å². The summed E-state index contributed by atoms with van der Waals surface area (Å²) in [6.07, 6.45) is 5.40. The Bertz CT molecular complexity index is 319. The highest BCUT2D eigenvalue weighted by molar-refractivity contribution is 4.92. The van der Waals surface area contributed by atoms with Gasteiger partial charge in [-0.2, -0.15) is 0 Å². The topological polar surface area (TPSA) is 57.2 Å². The SMILES string of the molecule is COCOC[C@@H](C)[C@@H]1C[C@@H](OC2CCCCO2)[C@@H](C)[C@@H]1CCO. The predicted octanol–water partition coefficient (Wildman–Crippen LogP) is 2.81. The summed E-state index contributed by atoms with van der Waals surface area (Å²) >= 11 is 0. The lowest BCUT2D eigenvalue weighted by Gasteiger charge is -2.29. The highest BCUT2D eigenvalue weighted by Crippen LogP contribution is 2.45. The van der Waals surface area contributed by atoms with E-state index in [9.17, 15) is 5.11 Å². The molecule has 1 heterocycles. The van der Waals surface area contributed by atoms with Crippen molar-refractivity contribution in [2.45, 2.75) is 58.3 Å². The zero-order valence-electron chi connectivity index (χ0n) is 14.9. The van der Waals surface area contributed by atoms with Crippen molar-refractivity contribution < 1.29 is 24.1 Å². The molecule has 6 atom stereocenters. The van der Waals surface area contributed by atoms with Crippen molar-refractivity contribution in [3.63, 3.8) is 0 Å². The minimum absolute atomic E-state index is 0.0372. The number of rotatable bonds is 9. The van der Waals surface area contributed by atoms with E-state index in [1.807, 2.05) is 0 Å². The van der Waals surface area contributed by atoms with E-state index in [4.69, 9.17) is 18.9 Å². The Morgan fingerprint density at radius 2 is 2.13 bits per heavy atom. The van der Waals surface area contributed by atoms with Crippen molar-refractivity contribution in [1.82, 2.24) is 0 Å². The Kier molecular flexibility index (Phi) is 8.27. The molecular weight excluding hydrogens is 296 g/mol. The van der Waals surface area contributed by atoms with Gasteiger partial charge in [-0.3, -0.25) is 0 Å². The standard InChI is InChI=1S/C18H34O5/c1-13(11-21-12-20-3)16-10-17(14(2)15(16)7-8-19)23-18-6-4-5-9-22-18/h13-19H,4-12H2,1-3H3/t13-,14+,15+,16+,17-,18?/m1/s1. The molecule has 0 spiro atoms. The monoisotopic (exact) mass is 330 g/mol. The van der Waals surface area contributed by atoms with E-state index >= 15 is 0 Å². The van der Waals surface area contributed by atoms with Gasteiger partial charge in [0.1, 0.15) is 6.79 Å². The van der Waals surface area contributed by atoms with Crippen LogP contribution in [0.1, 0.15) is 46.0 Å². The molecule has 5 nitrogen and oxygen atoms in total. The maximum Gasteiger partial charge on any atom is 0.157 e. The molecule has 1 N–H and O–H groups in total. The van der Waals surface area contributed by atoms with Crippen LogP contribution in [0.25, 0.3) is 0 Å². The number of aliphatic hydroxyl groups excluding tert-OH is 1. The van der Waals surface area contributed by atoms with Crippen molar-refractivity contribution in [3.8, 4) is 0 Å². The molecule has 2 fully saturated rings. The molecule has 1 saturated heterocycles. The van der Waals surface area contributed by atoms with Gasteiger partial charge < -0.3 is 24.1 Å². The second-order valence-electron chi connectivity index (χ2n) is 7.16. The van der Waals surface area contributed by atoms with E-state index in [0.717, 1.165) is 32.3 Å². The molecule has 0 bridgehead atoms. The minimum atomic E-state index is -0.0372. The summed E-state index contributed by atoms with van der Waals surface area (Å²) in [7, 11) is 1.64. The molecule has 0 aromatic heterocycles. The van der Waals surface area contributed by atoms with Gasteiger partial charge >= 0.3 is 0 Å². The van der Waals surface area contributed by atoms with Gasteiger partial charge in [-0.1, -0.05) is 13.8 Å². The molecule has 136 valence electrons. The number of ether oxygens (including phenoxy) is 4. The first-order valence-corrected chi connectivity index (χ1v) is 9.12. The third-order valence-corrected chi connectivity index (χ3v) is 5.56. The van der Waals surface area contributed by atoms with Crippen LogP contribution in [0.4, 0.5) is 0 Å². The Morgan fingerprint density at radius 1 is 1.30 bits per heavy atom. The van der Waals surface area contributed by atoms with Crippen LogP contribution in [0.5, 0.6) is 0 Å². The van der Waals surface area contributed by atoms with Crippen LogP contribution in [-0.2, 0) is 18.9 Å². The van der Waals surface area contributed by atoms with Crippen LogP contribution < -0.4 is 0 Å². The average Bonchev–Trinajstić information content (AvgIpc) is 2.86.